The van der Waals surface area contributed by atoms with Crippen LogP contribution in [0.5, 0.6) is 5.75 Å². The van der Waals surface area contributed by atoms with Gasteiger partial charge in [0, 0.05) is 18.3 Å². The first-order valence-corrected chi connectivity index (χ1v) is 7.91. The van der Waals surface area contributed by atoms with E-state index < -0.39 is 5.97 Å². The van der Waals surface area contributed by atoms with Gasteiger partial charge in [-0.15, -0.1) is 0 Å². The van der Waals surface area contributed by atoms with Gasteiger partial charge in [0.2, 0.25) is 5.95 Å². The van der Waals surface area contributed by atoms with Crippen molar-refractivity contribution in [2.75, 3.05) is 17.2 Å². The number of carboxylic acid groups (broad SMARTS) is 1. The van der Waals surface area contributed by atoms with Crippen LogP contribution in [-0.2, 0) is 4.79 Å². The van der Waals surface area contributed by atoms with Crippen molar-refractivity contribution in [3.63, 3.8) is 0 Å². The van der Waals surface area contributed by atoms with Crippen LogP contribution in [0, 0.1) is 0 Å². The molecule has 132 valence electrons. The lowest BCUT2D eigenvalue weighted by Crippen LogP contribution is -2.15. The van der Waals surface area contributed by atoms with Crippen LogP contribution < -0.4 is 10.6 Å². The number of aromatic nitrogens is 3. The molecule has 4 N–H and O–H groups in total. The number of nitrogens with one attached hydrogen (secondary N) is 2. The lowest BCUT2D eigenvalue weighted by Gasteiger charge is -2.11. The topological polar surface area (TPSA) is 120 Å². The number of benzene rings is 1. The standard InChI is InChI=1S/C17H14ClN5O3/c18-11-7-10(24)4-5-12(11)21-15-8-14(13-3-1-2-6-19-13)22-17(23-15)20-9-16(25)26/h1-8,24H,9H2,(H,25,26)(H2,20,21,22,23). The summed E-state index contributed by atoms with van der Waals surface area (Å²) in [7, 11) is 0. The molecule has 0 saturated carbocycles. The first kappa shape index (κ1) is 17.4. The second kappa shape index (κ2) is 7.66. The van der Waals surface area contributed by atoms with Gasteiger partial charge in [-0.3, -0.25) is 9.78 Å². The quantitative estimate of drug-likeness (QED) is 0.488. The van der Waals surface area contributed by atoms with Gasteiger partial charge in [0.25, 0.3) is 0 Å². The van der Waals surface area contributed by atoms with E-state index in [1.54, 1.807) is 30.5 Å². The number of carbonyl (C=O) groups is 1. The largest absolute Gasteiger partial charge is 0.508 e. The smallest absolute Gasteiger partial charge is 0.322 e. The molecule has 0 radical (unpaired) electrons. The summed E-state index contributed by atoms with van der Waals surface area (Å²) >= 11 is 6.11. The van der Waals surface area contributed by atoms with Crippen LogP contribution >= 0.6 is 11.6 Å². The van der Waals surface area contributed by atoms with Crippen LogP contribution in [0.25, 0.3) is 11.4 Å². The number of pyridine rings is 1. The fourth-order valence-electron chi connectivity index (χ4n) is 2.13. The molecule has 0 aliphatic rings. The Morgan fingerprint density at radius 2 is 1.96 bits per heavy atom. The van der Waals surface area contributed by atoms with E-state index in [4.69, 9.17) is 16.7 Å². The number of rotatable bonds is 6. The third-order valence-corrected chi connectivity index (χ3v) is 3.58. The maximum atomic E-state index is 10.8. The van der Waals surface area contributed by atoms with Gasteiger partial charge in [-0.25, -0.2) is 4.98 Å². The number of aliphatic carboxylic acids is 1. The van der Waals surface area contributed by atoms with Gasteiger partial charge in [0.1, 0.15) is 18.1 Å². The monoisotopic (exact) mass is 371 g/mol. The van der Waals surface area contributed by atoms with Gasteiger partial charge >= 0.3 is 5.97 Å². The number of aromatic hydroxyl groups is 1. The summed E-state index contributed by atoms with van der Waals surface area (Å²) < 4.78 is 0. The normalized spacial score (nSPS) is 10.3. The molecule has 26 heavy (non-hydrogen) atoms. The van der Waals surface area contributed by atoms with Crippen molar-refractivity contribution in [2.24, 2.45) is 0 Å². The lowest BCUT2D eigenvalue weighted by atomic mass is 10.2. The zero-order chi connectivity index (χ0) is 18.5. The maximum absolute atomic E-state index is 10.8. The minimum Gasteiger partial charge on any atom is -0.508 e. The Balaban J connectivity index is 1.97. The summed E-state index contributed by atoms with van der Waals surface area (Å²) in [4.78, 5) is 23.6. The number of phenolic OH excluding ortho intramolecular Hbond substituents is 1. The predicted molar refractivity (Wildman–Crippen MR) is 97.8 cm³/mol. The van der Waals surface area contributed by atoms with Crippen LogP contribution in [0.4, 0.5) is 17.5 Å². The molecular formula is C17H14ClN5O3. The second-order valence-corrected chi connectivity index (χ2v) is 5.62. The van der Waals surface area contributed by atoms with E-state index in [-0.39, 0.29) is 18.2 Å². The van der Waals surface area contributed by atoms with Crippen LogP contribution in [0.3, 0.4) is 0 Å². The summed E-state index contributed by atoms with van der Waals surface area (Å²) in [5, 5.41) is 24.3. The second-order valence-electron chi connectivity index (χ2n) is 5.21. The molecule has 0 bridgehead atoms. The van der Waals surface area contributed by atoms with Crippen molar-refractivity contribution in [1.82, 2.24) is 15.0 Å². The molecule has 2 aromatic heterocycles. The van der Waals surface area contributed by atoms with Crippen molar-refractivity contribution in [3.8, 4) is 17.1 Å². The van der Waals surface area contributed by atoms with Crippen molar-refractivity contribution in [2.45, 2.75) is 0 Å². The first-order chi connectivity index (χ1) is 12.5. The number of hydrogen-bond donors (Lipinski definition) is 4. The first-order valence-electron chi connectivity index (χ1n) is 7.53. The van der Waals surface area contributed by atoms with E-state index >= 15 is 0 Å². The Hall–Kier alpha value is -3.39. The van der Waals surface area contributed by atoms with Crippen molar-refractivity contribution in [3.05, 3.63) is 53.7 Å². The molecule has 2 heterocycles. The van der Waals surface area contributed by atoms with Crippen LogP contribution in [0.15, 0.2) is 48.7 Å². The highest BCUT2D eigenvalue weighted by Crippen LogP contribution is 2.29. The molecule has 3 rings (SSSR count). The molecular weight excluding hydrogens is 358 g/mol. The molecule has 0 atom stereocenters. The van der Waals surface area contributed by atoms with Gasteiger partial charge in [0.05, 0.1) is 22.1 Å². The van der Waals surface area contributed by atoms with Gasteiger partial charge in [-0.05, 0) is 24.3 Å². The van der Waals surface area contributed by atoms with Crippen LogP contribution in [-0.4, -0.2) is 37.7 Å². The SMILES string of the molecule is O=C(O)CNc1nc(Nc2ccc(O)cc2Cl)cc(-c2ccccn2)n1. The van der Waals surface area contributed by atoms with E-state index in [2.05, 4.69) is 25.6 Å². The summed E-state index contributed by atoms with van der Waals surface area (Å²) in [6, 6.07) is 11.5. The molecule has 3 aromatic rings. The zero-order valence-electron chi connectivity index (χ0n) is 13.3. The average Bonchev–Trinajstić information content (AvgIpc) is 2.63. The third-order valence-electron chi connectivity index (χ3n) is 3.27. The third kappa shape index (κ3) is 4.37. The minimum atomic E-state index is -1.03. The summed E-state index contributed by atoms with van der Waals surface area (Å²) in [6.45, 7) is -0.328. The summed E-state index contributed by atoms with van der Waals surface area (Å²) in [5.74, 6) is -0.469. The maximum Gasteiger partial charge on any atom is 0.322 e. The minimum absolute atomic E-state index is 0.0428. The van der Waals surface area contributed by atoms with Crippen molar-refractivity contribution in [1.29, 1.82) is 0 Å². The van der Waals surface area contributed by atoms with Crippen molar-refractivity contribution < 1.29 is 15.0 Å². The molecule has 0 spiro atoms. The summed E-state index contributed by atoms with van der Waals surface area (Å²) in [6.07, 6.45) is 1.63. The van der Waals surface area contributed by atoms with Crippen LogP contribution in [0.2, 0.25) is 5.02 Å². The number of carboxylic acids is 1. The lowest BCUT2D eigenvalue weighted by molar-refractivity contribution is -0.134. The fourth-order valence-corrected chi connectivity index (χ4v) is 2.36. The van der Waals surface area contributed by atoms with Gasteiger partial charge in [-0.2, -0.15) is 4.98 Å². The van der Waals surface area contributed by atoms with Crippen LogP contribution in [0.1, 0.15) is 0 Å². The van der Waals surface area contributed by atoms with E-state index in [0.29, 0.717) is 27.9 Å². The van der Waals surface area contributed by atoms with Gasteiger partial charge in [0.15, 0.2) is 0 Å². The molecule has 1 aromatic carbocycles. The Kier molecular flexibility index (Phi) is 5.14. The molecule has 9 heteroatoms. The fraction of sp³-hybridized carbons (Fsp3) is 0.0588. The van der Waals surface area contributed by atoms with Gasteiger partial charge in [-0.1, -0.05) is 17.7 Å². The van der Waals surface area contributed by atoms with Crippen molar-refractivity contribution >= 4 is 35.0 Å². The molecule has 0 aliphatic heterocycles. The Morgan fingerprint density at radius 1 is 1.12 bits per heavy atom. The molecule has 0 saturated heterocycles. The van der Waals surface area contributed by atoms with Gasteiger partial charge < -0.3 is 20.8 Å². The molecule has 8 nitrogen and oxygen atoms in total. The van der Waals surface area contributed by atoms with E-state index in [0.717, 1.165) is 0 Å². The highest BCUT2D eigenvalue weighted by molar-refractivity contribution is 6.33. The highest BCUT2D eigenvalue weighted by atomic mass is 35.5. The Bertz CT molecular complexity index is 937. The molecule has 0 unspecified atom stereocenters. The highest BCUT2D eigenvalue weighted by Gasteiger charge is 2.10. The average molecular weight is 372 g/mol. The number of halogens is 1. The Labute approximate surface area is 153 Å². The Morgan fingerprint density at radius 3 is 2.65 bits per heavy atom. The van der Waals surface area contributed by atoms with E-state index in [9.17, 15) is 9.90 Å². The molecule has 0 amide bonds. The molecule has 0 aliphatic carbocycles. The predicted octanol–water partition coefficient (Wildman–Crippen LogP) is 3.14. The zero-order valence-corrected chi connectivity index (χ0v) is 14.1. The number of phenols is 1. The molecule has 0 fully saturated rings. The number of anilines is 3. The van der Waals surface area contributed by atoms with E-state index in [1.165, 1.54) is 12.1 Å². The van der Waals surface area contributed by atoms with E-state index in [1.807, 2.05) is 6.07 Å². The summed E-state index contributed by atoms with van der Waals surface area (Å²) in [5.41, 5.74) is 1.64. The number of hydrogen-bond acceptors (Lipinski definition) is 7. The number of nitrogens with zero attached hydrogens (tertiary/aromatic N) is 3.